The quantitative estimate of drug-likeness (QED) is 0.285. The maximum absolute atomic E-state index is 13.0. The first-order valence-corrected chi connectivity index (χ1v) is 11.5. The normalized spacial score (nSPS) is 11.7. The zero-order chi connectivity index (χ0) is 26.0. The van der Waals surface area contributed by atoms with Crippen molar-refractivity contribution in [3.05, 3.63) is 82.8 Å². The first-order valence-electron chi connectivity index (χ1n) is 11.5. The Morgan fingerprint density at radius 3 is 2.33 bits per heavy atom. The highest BCUT2D eigenvalue weighted by Crippen LogP contribution is 2.31. The van der Waals surface area contributed by atoms with Gasteiger partial charge in [-0.3, -0.25) is 0 Å². The van der Waals surface area contributed by atoms with Crippen LogP contribution in [-0.2, 0) is 19.8 Å². The molecule has 0 aliphatic carbocycles. The first-order chi connectivity index (χ1) is 17.1. The molecule has 0 aliphatic heterocycles. The first kappa shape index (κ1) is 25.1. The van der Waals surface area contributed by atoms with Crippen molar-refractivity contribution in [1.29, 1.82) is 5.41 Å². The molecule has 4 aromatic rings. The van der Waals surface area contributed by atoms with Crippen LogP contribution in [0.25, 0.3) is 22.8 Å². The Kier molecular flexibility index (Phi) is 6.92. The minimum atomic E-state index is -4.49. The van der Waals surface area contributed by atoms with Crippen molar-refractivity contribution < 1.29 is 13.2 Å². The molecule has 0 radical (unpaired) electrons. The van der Waals surface area contributed by atoms with E-state index < -0.39 is 11.9 Å². The molecule has 186 valence electrons. The lowest BCUT2D eigenvalue weighted by atomic mass is 9.96. The van der Waals surface area contributed by atoms with E-state index in [0.717, 1.165) is 22.9 Å². The molecule has 36 heavy (non-hydrogen) atoms. The van der Waals surface area contributed by atoms with Gasteiger partial charge >= 0.3 is 6.18 Å². The molecule has 0 saturated heterocycles. The van der Waals surface area contributed by atoms with Gasteiger partial charge in [0.1, 0.15) is 11.6 Å². The number of anilines is 1. The molecule has 6 nitrogen and oxygen atoms in total. The SMILES string of the molecule is Cc1nc(-c2ccccc2C(C)C)nc(NCc2ccc(-c3nc(C(F)(F)F)cn3C)cc2)c1C=N. The van der Waals surface area contributed by atoms with Crippen molar-refractivity contribution in [2.75, 3.05) is 5.32 Å². The lowest BCUT2D eigenvalue weighted by molar-refractivity contribution is -0.140. The van der Waals surface area contributed by atoms with Crippen LogP contribution in [0.5, 0.6) is 0 Å². The van der Waals surface area contributed by atoms with Crippen LogP contribution in [0.3, 0.4) is 0 Å². The van der Waals surface area contributed by atoms with E-state index in [1.165, 1.54) is 10.8 Å². The highest BCUT2D eigenvalue weighted by atomic mass is 19.4. The summed E-state index contributed by atoms with van der Waals surface area (Å²) in [5, 5.41) is 11.2. The lowest BCUT2D eigenvalue weighted by Crippen LogP contribution is -2.09. The summed E-state index contributed by atoms with van der Waals surface area (Å²) in [6.07, 6.45) is -2.27. The molecule has 2 N–H and O–H groups in total. The van der Waals surface area contributed by atoms with E-state index in [4.69, 9.17) is 10.4 Å². The Morgan fingerprint density at radius 2 is 1.72 bits per heavy atom. The summed E-state index contributed by atoms with van der Waals surface area (Å²) in [6, 6.07) is 15.2. The number of rotatable bonds is 7. The van der Waals surface area contributed by atoms with Gasteiger partial charge in [0.25, 0.3) is 0 Å². The van der Waals surface area contributed by atoms with Gasteiger partial charge in [-0.15, -0.1) is 0 Å². The Morgan fingerprint density at radius 1 is 1.03 bits per heavy atom. The fourth-order valence-electron chi connectivity index (χ4n) is 4.04. The lowest BCUT2D eigenvalue weighted by Gasteiger charge is -2.16. The van der Waals surface area contributed by atoms with Crippen LogP contribution in [0.4, 0.5) is 19.0 Å². The van der Waals surface area contributed by atoms with Gasteiger partial charge in [-0.05, 0) is 24.0 Å². The van der Waals surface area contributed by atoms with Gasteiger partial charge in [-0.25, -0.2) is 15.0 Å². The summed E-state index contributed by atoms with van der Waals surface area (Å²) in [6.45, 7) is 6.51. The summed E-state index contributed by atoms with van der Waals surface area (Å²) in [5.41, 5.74) is 3.96. The molecule has 0 fully saturated rings. The predicted molar refractivity (Wildman–Crippen MR) is 135 cm³/mol. The summed E-state index contributed by atoms with van der Waals surface area (Å²) in [4.78, 5) is 13.1. The van der Waals surface area contributed by atoms with Crippen LogP contribution in [0.2, 0.25) is 0 Å². The number of imidazole rings is 1. The molecule has 2 heterocycles. The Bertz CT molecular complexity index is 1390. The van der Waals surface area contributed by atoms with E-state index in [1.807, 2.05) is 37.3 Å². The molecule has 0 amide bonds. The number of hydrogen-bond acceptors (Lipinski definition) is 5. The minimum Gasteiger partial charge on any atom is -0.365 e. The molecule has 0 unspecified atom stereocenters. The highest BCUT2D eigenvalue weighted by Gasteiger charge is 2.34. The van der Waals surface area contributed by atoms with Crippen LogP contribution in [-0.4, -0.2) is 25.7 Å². The van der Waals surface area contributed by atoms with E-state index in [0.29, 0.717) is 40.9 Å². The van der Waals surface area contributed by atoms with Gasteiger partial charge < -0.3 is 15.3 Å². The van der Waals surface area contributed by atoms with Crippen LogP contribution < -0.4 is 5.32 Å². The van der Waals surface area contributed by atoms with Crippen LogP contribution in [0, 0.1) is 12.3 Å². The molecule has 2 aromatic carbocycles. The number of alkyl halides is 3. The Balaban J connectivity index is 1.58. The van der Waals surface area contributed by atoms with E-state index in [1.54, 1.807) is 19.2 Å². The monoisotopic (exact) mass is 492 g/mol. The topological polar surface area (TPSA) is 79.5 Å². The van der Waals surface area contributed by atoms with Crippen molar-refractivity contribution in [3.63, 3.8) is 0 Å². The second-order valence-electron chi connectivity index (χ2n) is 8.89. The average molecular weight is 493 g/mol. The van der Waals surface area contributed by atoms with Crippen molar-refractivity contribution in [1.82, 2.24) is 19.5 Å². The molecule has 0 bridgehead atoms. The van der Waals surface area contributed by atoms with Gasteiger partial charge in [0.05, 0.1) is 11.3 Å². The molecular formula is C27H27F3N6. The van der Waals surface area contributed by atoms with E-state index in [-0.39, 0.29) is 5.82 Å². The number of aromatic nitrogens is 4. The zero-order valence-electron chi connectivity index (χ0n) is 20.5. The summed E-state index contributed by atoms with van der Waals surface area (Å²) in [5.74, 6) is 1.69. The third-order valence-corrected chi connectivity index (χ3v) is 5.94. The number of nitrogens with zero attached hydrogens (tertiary/aromatic N) is 4. The van der Waals surface area contributed by atoms with Gasteiger partial charge in [0, 0.05) is 37.1 Å². The summed E-state index contributed by atoms with van der Waals surface area (Å²) < 4.78 is 40.4. The molecule has 2 aromatic heterocycles. The van der Waals surface area contributed by atoms with E-state index in [2.05, 4.69) is 35.2 Å². The van der Waals surface area contributed by atoms with Gasteiger partial charge in [-0.2, -0.15) is 13.2 Å². The van der Waals surface area contributed by atoms with Gasteiger partial charge in [-0.1, -0.05) is 62.4 Å². The molecule has 0 saturated carbocycles. The van der Waals surface area contributed by atoms with Gasteiger partial charge in [0.2, 0.25) is 0 Å². The smallest absolute Gasteiger partial charge is 0.365 e. The third kappa shape index (κ3) is 5.15. The fourth-order valence-corrected chi connectivity index (χ4v) is 4.04. The average Bonchev–Trinajstić information content (AvgIpc) is 3.25. The molecule has 9 heteroatoms. The standard InChI is InChI=1S/C27H27F3N6/c1-16(2)20-7-5-6-8-21(20)25-33-17(3)22(13-31)24(35-25)32-14-18-9-11-19(12-10-18)26-34-23(15-36(26)4)27(28,29)30/h5-13,15-16,31H,14H2,1-4H3,(H,32,33,35). The minimum absolute atomic E-state index is 0.243. The van der Waals surface area contributed by atoms with Crippen molar-refractivity contribution in [2.45, 2.75) is 39.4 Å². The molecular weight excluding hydrogens is 465 g/mol. The number of halogens is 3. The van der Waals surface area contributed by atoms with E-state index >= 15 is 0 Å². The van der Waals surface area contributed by atoms with Crippen LogP contribution >= 0.6 is 0 Å². The number of nitrogens with one attached hydrogen (secondary N) is 2. The largest absolute Gasteiger partial charge is 0.434 e. The fraction of sp³-hybridized carbons (Fsp3) is 0.259. The van der Waals surface area contributed by atoms with E-state index in [9.17, 15) is 13.2 Å². The number of hydrogen-bond donors (Lipinski definition) is 2. The molecule has 0 aliphatic rings. The van der Waals surface area contributed by atoms with Crippen LogP contribution in [0.15, 0.2) is 54.7 Å². The Hall–Kier alpha value is -4.01. The zero-order valence-corrected chi connectivity index (χ0v) is 20.5. The second kappa shape index (κ2) is 9.93. The third-order valence-electron chi connectivity index (χ3n) is 5.94. The Labute approximate surface area is 207 Å². The maximum atomic E-state index is 13.0. The number of aryl methyl sites for hydroxylation is 2. The maximum Gasteiger partial charge on any atom is 0.434 e. The van der Waals surface area contributed by atoms with Crippen molar-refractivity contribution in [3.8, 4) is 22.8 Å². The highest BCUT2D eigenvalue weighted by molar-refractivity contribution is 5.86. The van der Waals surface area contributed by atoms with Crippen molar-refractivity contribution >= 4 is 12.0 Å². The van der Waals surface area contributed by atoms with Crippen molar-refractivity contribution in [2.24, 2.45) is 7.05 Å². The number of benzene rings is 2. The predicted octanol–water partition coefficient (Wildman–Crippen LogP) is 6.60. The molecule has 0 atom stereocenters. The summed E-state index contributed by atoms with van der Waals surface area (Å²) in [7, 11) is 1.54. The second-order valence-corrected chi connectivity index (χ2v) is 8.89. The van der Waals surface area contributed by atoms with Crippen LogP contribution in [0.1, 0.15) is 47.8 Å². The molecule has 4 rings (SSSR count). The van der Waals surface area contributed by atoms with Gasteiger partial charge in [0.15, 0.2) is 11.5 Å². The summed E-state index contributed by atoms with van der Waals surface area (Å²) >= 11 is 0. The molecule has 0 spiro atoms.